The summed E-state index contributed by atoms with van der Waals surface area (Å²) in [6.45, 7) is 0.184. The Bertz CT molecular complexity index is 243. The molecule has 6 N–H and O–H groups in total. The van der Waals surface area contributed by atoms with Crippen LogP contribution in [0.1, 0.15) is 6.92 Å². The Hall–Kier alpha value is -0.860. The van der Waals surface area contributed by atoms with Crippen LogP contribution in [0, 0.1) is 0 Å². The van der Waals surface area contributed by atoms with Crippen LogP contribution in [-0.2, 0) is 9.59 Å². The number of aliphatic hydroxyl groups is 4. The van der Waals surface area contributed by atoms with Crippen LogP contribution in [0.5, 0.6) is 0 Å². The van der Waals surface area contributed by atoms with Gasteiger partial charge < -0.3 is 26.2 Å². The third-order valence-corrected chi connectivity index (χ3v) is 1.95. The van der Waals surface area contributed by atoms with E-state index in [0.717, 1.165) is 6.92 Å². The third-order valence-electron chi connectivity index (χ3n) is 1.95. The number of rotatable bonds is 6. The molecule has 0 aliphatic carbocycles. The van der Waals surface area contributed by atoms with E-state index >= 15 is 0 Å². The molecule has 7 heteroatoms. The number of Topliss-reactive ketones (excluding diaryl/α,β-unsaturated/α-hetero) is 2. The topological polar surface area (TPSA) is 141 Å². The smallest absolute Gasteiger partial charge is 0.217 e. The van der Waals surface area contributed by atoms with Gasteiger partial charge in [-0.05, 0) is 0 Å². The van der Waals surface area contributed by atoms with Gasteiger partial charge in [0.2, 0.25) is 5.78 Å². The van der Waals surface area contributed by atoms with E-state index in [1.807, 2.05) is 0 Å². The average molecular weight is 221 g/mol. The highest BCUT2D eigenvalue weighted by Crippen LogP contribution is 2.04. The zero-order valence-corrected chi connectivity index (χ0v) is 8.20. The van der Waals surface area contributed by atoms with Crippen LogP contribution in [0.2, 0.25) is 0 Å². The summed E-state index contributed by atoms with van der Waals surface area (Å²) < 4.78 is 0. The largest absolute Gasteiger partial charge is 0.394 e. The fourth-order valence-corrected chi connectivity index (χ4v) is 0.938. The molecular formula is C8H15NO6. The summed E-state index contributed by atoms with van der Waals surface area (Å²) >= 11 is 0. The maximum absolute atomic E-state index is 11.0. The minimum atomic E-state index is -1.80. The quantitative estimate of drug-likeness (QED) is 0.293. The predicted molar refractivity (Wildman–Crippen MR) is 48.8 cm³/mol. The van der Waals surface area contributed by atoms with Crippen LogP contribution < -0.4 is 5.73 Å². The fraction of sp³-hybridized carbons (Fsp3) is 0.750. The molecule has 0 amide bonds. The van der Waals surface area contributed by atoms with Crippen LogP contribution in [0.4, 0.5) is 0 Å². The average Bonchev–Trinajstić information content (AvgIpc) is 2.23. The lowest BCUT2D eigenvalue weighted by atomic mass is 9.97. The molecule has 0 saturated carbocycles. The Morgan fingerprint density at radius 3 is 2.00 bits per heavy atom. The molecular weight excluding hydrogens is 206 g/mol. The number of ketones is 2. The van der Waals surface area contributed by atoms with Gasteiger partial charge in [0.05, 0.1) is 6.61 Å². The Morgan fingerprint density at radius 1 is 1.20 bits per heavy atom. The van der Waals surface area contributed by atoms with Crippen molar-refractivity contribution in [3.8, 4) is 0 Å². The molecule has 15 heavy (non-hydrogen) atoms. The highest BCUT2D eigenvalue weighted by molar-refractivity contribution is 6.38. The molecule has 0 aromatic carbocycles. The molecule has 0 aliphatic heterocycles. The van der Waals surface area contributed by atoms with E-state index in [1.54, 1.807) is 0 Å². The number of carbonyl (C=O) groups excluding carboxylic acids is 2. The second kappa shape index (κ2) is 5.89. The lowest BCUT2D eigenvalue weighted by Crippen LogP contribution is -2.54. The summed E-state index contributed by atoms with van der Waals surface area (Å²) in [6.07, 6.45) is -5.21. The van der Waals surface area contributed by atoms with Gasteiger partial charge in [-0.3, -0.25) is 9.59 Å². The first-order valence-corrected chi connectivity index (χ1v) is 4.28. The number of hydrogen-bond acceptors (Lipinski definition) is 7. The van der Waals surface area contributed by atoms with E-state index < -0.39 is 42.5 Å². The van der Waals surface area contributed by atoms with Crippen molar-refractivity contribution in [3.05, 3.63) is 0 Å². The third kappa shape index (κ3) is 3.65. The van der Waals surface area contributed by atoms with Gasteiger partial charge in [-0.2, -0.15) is 0 Å². The van der Waals surface area contributed by atoms with Crippen molar-refractivity contribution in [2.24, 2.45) is 5.73 Å². The van der Waals surface area contributed by atoms with E-state index in [0.29, 0.717) is 0 Å². The zero-order valence-electron chi connectivity index (χ0n) is 8.20. The SMILES string of the molecule is CC(=O)C(=O)[C@H](N)[C@@H](O)[C@H](O)C(O)CO. The van der Waals surface area contributed by atoms with Crippen molar-refractivity contribution < 1.29 is 30.0 Å². The lowest BCUT2D eigenvalue weighted by Gasteiger charge is -2.24. The standard InChI is InChI=1S/C8H15NO6/c1-3(11)6(13)5(9)8(15)7(14)4(12)2-10/h4-5,7-8,10,12,14-15H,2,9H2,1H3/t4?,5-,7+,8+/m0/s1. The van der Waals surface area contributed by atoms with Gasteiger partial charge in [-0.15, -0.1) is 0 Å². The van der Waals surface area contributed by atoms with Gasteiger partial charge in [0.15, 0.2) is 5.78 Å². The van der Waals surface area contributed by atoms with Gasteiger partial charge in [0.1, 0.15) is 24.4 Å². The monoisotopic (exact) mass is 221 g/mol. The molecule has 0 spiro atoms. The molecule has 0 radical (unpaired) electrons. The summed E-state index contributed by atoms with van der Waals surface area (Å²) in [5.74, 6) is -1.90. The van der Waals surface area contributed by atoms with Crippen LogP contribution in [-0.4, -0.2) is 63.0 Å². The van der Waals surface area contributed by atoms with Crippen LogP contribution in [0.3, 0.4) is 0 Å². The van der Waals surface area contributed by atoms with Crippen molar-refractivity contribution in [2.75, 3.05) is 6.61 Å². The van der Waals surface area contributed by atoms with Gasteiger partial charge in [-0.25, -0.2) is 0 Å². The second-order valence-electron chi connectivity index (χ2n) is 3.18. The van der Waals surface area contributed by atoms with E-state index in [9.17, 15) is 19.8 Å². The van der Waals surface area contributed by atoms with Gasteiger partial charge in [-0.1, -0.05) is 0 Å². The maximum atomic E-state index is 11.0. The number of aliphatic hydroxyl groups excluding tert-OH is 4. The summed E-state index contributed by atoms with van der Waals surface area (Å²) in [5.41, 5.74) is 5.18. The molecule has 1 unspecified atom stereocenters. The van der Waals surface area contributed by atoms with E-state index in [-0.39, 0.29) is 0 Å². The van der Waals surface area contributed by atoms with E-state index in [1.165, 1.54) is 0 Å². The van der Waals surface area contributed by atoms with E-state index in [2.05, 4.69) is 0 Å². The number of hydrogen-bond donors (Lipinski definition) is 5. The molecule has 0 aromatic rings. The molecule has 0 heterocycles. The van der Waals surface area contributed by atoms with Gasteiger partial charge in [0.25, 0.3) is 0 Å². The van der Waals surface area contributed by atoms with Crippen molar-refractivity contribution >= 4 is 11.6 Å². The summed E-state index contributed by atoms with van der Waals surface area (Å²) in [7, 11) is 0. The molecule has 0 bridgehead atoms. The second-order valence-corrected chi connectivity index (χ2v) is 3.18. The van der Waals surface area contributed by atoms with Gasteiger partial charge >= 0.3 is 0 Å². The lowest BCUT2D eigenvalue weighted by molar-refractivity contribution is -0.141. The van der Waals surface area contributed by atoms with E-state index in [4.69, 9.17) is 15.9 Å². The first kappa shape index (κ1) is 14.1. The maximum Gasteiger partial charge on any atom is 0.217 e. The van der Waals surface area contributed by atoms with Crippen molar-refractivity contribution in [2.45, 2.75) is 31.3 Å². The zero-order chi connectivity index (χ0) is 12.2. The highest BCUT2D eigenvalue weighted by atomic mass is 16.4. The van der Waals surface area contributed by atoms with Crippen LogP contribution >= 0.6 is 0 Å². The minimum Gasteiger partial charge on any atom is -0.394 e. The molecule has 4 atom stereocenters. The first-order valence-electron chi connectivity index (χ1n) is 4.28. The fourth-order valence-electron chi connectivity index (χ4n) is 0.938. The van der Waals surface area contributed by atoms with Crippen LogP contribution in [0.25, 0.3) is 0 Å². The molecule has 7 nitrogen and oxygen atoms in total. The molecule has 88 valence electrons. The Balaban J connectivity index is 4.50. The van der Waals surface area contributed by atoms with Gasteiger partial charge in [0, 0.05) is 6.92 Å². The predicted octanol–water partition coefficient (Wildman–Crippen LogP) is -3.45. The van der Waals surface area contributed by atoms with Crippen molar-refractivity contribution in [1.29, 1.82) is 0 Å². The minimum absolute atomic E-state index is 0.792. The summed E-state index contributed by atoms with van der Waals surface area (Å²) in [5, 5.41) is 35.9. The number of nitrogens with two attached hydrogens (primary N) is 1. The summed E-state index contributed by atoms with van der Waals surface area (Å²) in [6, 6.07) is -1.61. The normalized spacial score (nSPS) is 19.1. The number of carbonyl (C=O) groups is 2. The molecule has 0 fully saturated rings. The highest BCUT2D eigenvalue weighted by Gasteiger charge is 2.34. The molecule has 0 saturated heterocycles. The van der Waals surface area contributed by atoms with Crippen LogP contribution in [0.15, 0.2) is 0 Å². The summed E-state index contributed by atoms with van der Waals surface area (Å²) in [4.78, 5) is 21.6. The van der Waals surface area contributed by atoms with Crippen molar-refractivity contribution in [1.82, 2.24) is 0 Å². The Labute approximate surface area is 86.1 Å². The molecule has 0 rings (SSSR count). The Kier molecular flexibility index (Phi) is 5.55. The Morgan fingerprint density at radius 2 is 1.67 bits per heavy atom. The molecule has 0 aromatic heterocycles. The first-order chi connectivity index (χ1) is 6.82. The van der Waals surface area contributed by atoms with Crippen molar-refractivity contribution in [3.63, 3.8) is 0 Å². The molecule has 0 aliphatic rings.